The van der Waals surface area contributed by atoms with Crippen LogP contribution in [0.5, 0.6) is 5.75 Å². The van der Waals surface area contributed by atoms with Crippen LogP contribution in [0.1, 0.15) is 37.8 Å². The standard InChI is InChI=1S/C16H22ClF3N2O.2ClH/c1-2-3-4-14(22-9-7-21-8-10-22)12-5-6-15(13(17)11-12)23-16(18,19)20;;/h5-6,11,14,21H,2-4,7-10H2,1H3;2*1H/t14-;;/m1../s1. The molecule has 0 bridgehead atoms. The Morgan fingerprint density at radius 2 is 1.88 bits per heavy atom. The van der Waals surface area contributed by atoms with Gasteiger partial charge in [-0.05, 0) is 24.1 Å². The van der Waals surface area contributed by atoms with Crippen molar-refractivity contribution >= 4 is 36.4 Å². The lowest BCUT2D eigenvalue weighted by Gasteiger charge is -2.35. The van der Waals surface area contributed by atoms with E-state index in [9.17, 15) is 13.2 Å². The Balaban J connectivity index is 0.00000288. The van der Waals surface area contributed by atoms with E-state index in [4.69, 9.17) is 11.6 Å². The van der Waals surface area contributed by atoms with Crippen LogP contribution in [0.25, 0.3) is 0 Å². The predicted octanol–water partition coefficient (Wildman–Crippen LogP) is 5.22. The first kappa shape index (κ1) is 24.6. The first-order valence-electron chi connectivity index (χ1n) is 7.90. The van der Waals surface area contributed by atoms with Crippen LogP contribution in [-0.2, 0) is 0 Å². The maximum absolute atomic E-state index is 12.3. The van der Waals surface area contributed by atoms with Crippen LogP contribution >= 0.6 is 36.4 Å². The van der Waals surface area contributed by atoms with E-state index >= 15 is 0 Å². The van der Waals surface area contributed by atoms with Crippen molar-refractivity contribution in [2.24, 2.45) is 0 Å². The van der Waals surface area contributed by atoms with Crippen LogP contribution < -0.4 is 10.1 Å². The first-order valence-corrected chi connectivity index (χ1v) is 8.28. The fourth-order valence-corrected chi connectivity index (χ4v) is 3.11. The monoisotopic (exact) mass is 422 g/mol. The summed E-state index contributed by atoms with van der Waals surface area (Å²) in [5.74, 6) is -0.350. The Bertz CT molecular complexity index is 512. The number of piperazine rings is 1. The van der Waals surface area contributed by atoms with Crippen LogP contribution in [0.3, 0.4) is 0 Å². The molecule has 0 radical (unpaired) electrons. The van der Waals surface area contributed by atoms with E-state index in [0.29, 0.717) is 0 Å². The fourth-order valence-electron chi connectivity index (χ4n) is 2.88. The van der Waals surface area contributed by atoms with Crippen LogP contribution in [0.15, 0.2) is 18.2 Å². The molecule has 1 fully saturated rings. The molecule has 0 aliphatic carbocycles. The molecular weight excluding hydrogens is 400 g/mol. The SMILES string of the molecule is CCCC[C@H](c1ccc(OC(F)(F)F)c(Cl)c1)N1CCNCC1.Cl.Cl. The molecule has 1 heterocycles. The van der Waals surface area contributed by atoms with Gasteiger partial charge in [0.05, 0.1) is 5.02 Å². The Labute approximate surface area is 164 Å². The van der Waals surface area contributed by atoms with Crippen molar-refractivity contribution in [3.8, 4) is 5.75 Å². The molecule has 1 aliphatic heterocycles. The topological polar surface area (TPSA) is 24.5 Å². The number of hydrogen-bond donors (Lipinski definition) is 1. The highest BCUT2D eigenvalue weighted by atomic mass is 35.5. The molecule has 1 saturated heterocycles. The maximum atomic E-state index is 12.3. The molecule has 0 aromatic heterocycles. The molecule has 0 spiro atoms. The zero-order valence-corrected chi connectivity index (χ0v) is 16.3. The van der Waals surface area contributed by atoms with Gasteiger partial charge in [-0.15, -0.1) is 38.0 Å². The Hall–Kier alpha value is -0.400. The summed E-state index contributed by atoms with van der Waals surface area (Å²) in [4.78, 5) is 2.36. The molecule has 1 aromatic carbocycles. The second-order valence-electron chi connectivity index (χ2n) is 5.68. The highest BCUT2D eigenvalue weighted by Crippen LogP contribution is 2.35. The molecule has 9 heteroatoms. The van der Waals surface area contributed by atoms with Gasteiger partial charge in [0, 0.05) is 32.2 Å². The van der Waals surface area contributed by atoms with E-state index in [1.807, 2.05) is 0 Å². The molecule has 1 atom stereocenters. The van der Waals surface area contributed by atoms with E-state index in [0.717, 1.165) is 51.0 Å². The summed E-state index contributed by atoms with van der Waals surface area (Å²) in [6.45, 7) is 5.82. The zero-order valence-electron chi connectivity index (χ0n) is 13.9. The minimum Gasteiger partial charge on any atom is -0.404 e. The molecule has 146 valence electrons. The lowest BCUT2D eigenvalue weighted by atomic mass is 9.98. The van der Waals surface area contributed by atoms with Crippen molar-refractivity contribution in [1.82, 2.24) is 10.2 Å². The van der Waals surface area contributed by atoms with Gasteiger partial charge in [-0.1, -0.05) is 37.4 Å². The van der Waals surface area contributed by atoms with Crippen LogP contribution in [0.4, 0.5) is 13.2 Å². The molecule has 3 nitrogen and oxygen atoms in total. The lowest BCUT2D eigenvalue weighted by molar-refractivity contribution is -0.274. The molecule has 1 aromatic rings. The van der Waals surface area contributed by atoms with Gasteiger partial charge in [0.1, 0.15) is 5.75 Å². The molecule has 2 rings (SSSR count). The van der Waals surface area contributed by atoms with Gasteiger partial charge < -0.3 is 10.1 Å². The zero-order chi connectivity index (χ0) is 16.9. The van der Waals surface area contributed by atoms with Gasteiger partial charge >= 0.3 is 6.36 Å². The second kappa shape index (κ2) is 11.3. The van der Waals surface area contributed by atoms with E-state index in [2.05, 4.69) is 21.9 Å². The number of ether oxygens (including phenoxy) is 1. The summed E-state index contributed by atoms with van der Waals surface area (Å²) in [6, 6.07) is 4.78. The smallest absolute Gasteiger partial charge is 0.404 e. The van der Waals surface area contributed by atoms with Gasteiger partial charge in [0.25, 0.3) is 0 Å². The van der Waals surface area contributed by atoms with E-state index in [1.54, 1.807) is 12.1 Å². The van der Waals surface area contributed by atoms with Crippen molar-refractivity contribution in [1.29, 1.82) is 0 Å². The Morgan fingerprint density at radius 1 is 1.24 bits per heavy atom. The number of alkyl halides is 3. The molecule has 25 heavy (non-hydrogen) atoms. The number of rotatable bonds is 6. The quantitative estimate of drug-likeness (QED) is 0.679. The van der Waals surface area contributed by atoms with Crippen LogP contribution in [0, 0.1) is 0 Å². The van der Waals surface area contributed by atoms with Crippen molar-refractivity contribution in [2.45, 2.75) is 38.6 Å². The number of nitrogens with one attached hydrogen (secondary N) is 1. The average molecular weight is 424 g/mol. The molecule has 1 aliphatic rings. The highest BCUT2D eigenvalue weighted by molar-refractivity contribution is 6.32. The Morgan fingerprint density at radius 3 is 2.40 bits per heavy atom. The third-order valence-corrected chi connectivity index (χ3v) is 4.29. The number of halogens is 6. The van der Waals surface area contributed by atoms with Gasteiger partial charge in [-0.3, -0.25) is 4.90 Å². The number of nitrogens with zero attached hydrogens (tertiary/aromatic N) is 1. The average Bonchev–Trinajstić information content (AvgIpc) is 2.50. The lowest BCUT2D eigenvalue weighted by Crippen LogP contribution is -2.45. The summed E-state index contributed by atoms with van der Waals surface area (Å²) in [5.41, 5.74) is 0.944. The summed E-state index contributed by atoms with van der Waals surface area (Å²) >= 11 is 6.00. The largest absolute Gasteiger partial charge is 0.573 e. The molecule has 0 saturated carbocycles. The number of benzene rings is 1. The van der Waals surface area contributed by atoms with Crippen molar-refractivity contribution in [2.75, 3.05) is 26.2 Å². The number of unbranched alkanes of at least 4 members (excludes halogenated alkanes) is 1. The summed E-state index contributed by atoms with van der Waals surface area (Å²) in [6.07, 6.45) is -1.63. The molecule has 1 N–H and O–H groups in total. The molecular formula is C16H24Cl3F3N2O. The van der Waals surface area contributed by atoms with Crippen LogP contribution in [0.2, 0.25) is 5.02 Å². The minimum atomic E-state index is -4.73. The van der Waals surface area contributed by atoms with E-state index in [1.165, 1.54) is 6.07 Å². The van der Waals surface area contributed by atoms with E-state index < -0.39 is 6.36 Å². The Kier molecular flexibility index (Phi) is 11.2. The normalized spacial score (nSPS) is 16.5. The second-order valence-corrected chi connectivity index (χ2v) is 6.09. The molecule has 0 unspecified atom stereocenters. The van der Waals surface area contributed by atoms with Gasteiger partial charge in [-0.2, -0.15) is 0 Å². The fraction of sp³-hybridized carbons (Fsp3) is 0.625. The third kappa shape index (κ3) is 7.79. The third-order valence-electron chi connectivity index (χ3n) is 3.99. The van der Waals surface area contributed by atoms with Gasteiger partial charge in [0.15, 0.2) is 0 Å². The van der Waals surface area contributed by atoms with Crippen molar-refractivity contribution in [3.05, 3.63) is 28.8 Å². The van der Waals surface area contributed by atoms with E-state index in [-0.39, 0.29) is 41.6 Å². The van der Waals surface area contributed by atoms with Crippen molar-refractivity contribution in [3.63, 3.8) is 0 Å². The van der Waals surface area contributed by atoms with Crippen LogP contribution in [-0.4, -0.2) is 37.4 Å². The maximum Gasteiger partial charge on any atom is 0.573 e. The molecule has 0 amide bonds. The first-order chi connectivity index (χ1) is 10.9. The predicted molar refractivity (Wildman–Crippen MR) is 99.3 cm³/mol. The summed E-state index contributed by atoms with van der Waals surface area (Å²) in [5, 5.41) is 3.31. The minimum absolute atomic E-state index is 0. The summed E-state index contributed by atoms with van der Waals surface area (Å²) < 4.78 is 41.0. The van der Waals surface area contributed by atoms with Gasteiger partial charge in [-0.25, -0.2) is 0 Å². The number of hydrogen-bond acceptors (Lipinski definition) is 3. The van der Waals surface area contributed by atoms with Gasteiger partial charge in [0.2, 0.25) is 0 Å². The highest BCUT2D eigenvalue weighted by Gasteiger charge is 2.32. The summed E-state index contributed by atoms with van der Waals surface area (Å²) in [7, 11) is 0. The van der Waals surface area contributed by atoms with Crippen molar-refractivity contribution < 1.29 is 17.9 Å².